The molecule has 1 unspecified atom stereocenters. The topological polar surface area (TPSA) is 85.8 Å². The molecule has 0 aliphatic heterocycles. The summed E-state index contributed by atoms with van der Waals surface area (Å²) in [5.41, 5.74) is 6.23. The second kappa shape index (κ2) is 5.60. The lowest BCUT2D eigenvalue weighted by atomic mass is 10.3. The van der Waals surface area contributed by atoms with Crippen LogP contribution in [0.3, 0.4) is 0 Å². The fourth-order valence-corrected chi connectivity index (χ4v) is 1.29. The first-order chi connectivity index (χ1) is 7.54. The number of aromatic nitrogens is 3. The van der Waals surface area contributed by atoms with Crippen molar-refractivity contribution in [2.75, 3.05) is 6.54 Å². The van der Waals surface area contributed by atoms with E-state index in [0.717, 1.165) is 5.69 Å². The minimum Gasteiger partial charge on any atom is -0.352 e. The van der Waals surface area contributed by atoms with E-state index in [1.807, 2.05) is 13.8 Å². The number of hydrogen-bond acceptors (Lipinski definition) is 4. The van der Waals surface area contributed by atoms with Crippen LogP contribution in [0.1, 0.15) is 32.5 Å². The molecule has 1 rings (SSSR count). The van der Waals surface area contributed by atoms with Gasteiger partial charge >= 0.3 is 0 Å². The molecule has 1 heterocycles. The van der Waals surface area contributed by atoms with Crippen molar-refractivity contribution in [3.8, 4) is 0 Å². The quantitative estimate of drug-likeness (QED) is 0.730. The van der Waals surface area contributed by atoms with E-state index in [-0.39, 0.29) is 18.0 Å². The molecule has 0 aliphatic rings. The molecule has 1 atom stereocenters. The summed E-state index contributed by atoms with van der Waals surface area (Å²) in [6.07, 6.45) is 2.44. The summed E-state index contributed by atoms with van der Waals surface area (Å²) in [5, 5.41) is 10.7. The maximum absolute atomic E-state index is 11.7. The highest BCUT2D eigenvalue weighted by Crippen LogP contribution is 2.05. The molecular formula is C10H19N5O. The van der Waals surface area contributed by atoms with Crippen LogP contribution >= 0.6 is 0 Å². The maximum atomic E-state index is 11.7. The van der Waals surface area contributed by atoms with Crippen LogP contribution in [0.4, 0.5) is 0 Å². The van der Waals surface area contributed by atoms with E-state index < -0.39 is 0 Å². The first-order valence-corrected chi connectivity index (χ1v) is 5.45. The Hall–Kier alpha value is -1.43. The van der Waals surface area contributed by atoms with Gasteiger partial charge in [0.05, 0.1) is 5.69 Å². The van der Waals surface area contributed by atoms with Gasteiger partial charge in [0.25, 0.3) is 0 Å². The van der Waals surface area contributed by atoms with Crippen LogP contribution < -0.4 is 11.1 Å². The standard InChI is InChI=1S/C10H19N5O/c1-7(2)12-10(16)8(3)15-6-9(4-5-11)13-14-15/h6-8H,4-5,11H2,1-3H3,(H,12,16). The predicted molar refractivity (Wildman–Crippen MR) is 60.8 cm³/mol. The number of carbonyl (C=O) groups excluding carboxylic acids is 1. The highest BCUT2D eigenvalue weighted by molar-refractivity contribution is 5.79. The van der Waals surface area contributed by atoms with Gasteiger partial charge in [0.15, 0.2) is 0 Å². The van der Waals surface area contributed by atoms with Crippen molar-refractivity contribution >= 4 is 5.91 Å². The fourth-order valence-electron chi connectivity index (χ4n) is 1.29. The van der Waals surface area contributed by atoms with Crippen LogP contribution in [0.25, 0.3) is 0 Å². The van der Waals surface area contributed by atoms with E-state index in [9.17, 15) is 4.79 Å². The second-order valence-corrected chi connectivity index (χ2v) is 4.07. The Labute approximate surface area is 95.2 Å². The molecule has 0 aliphatic carbocycles. The van der Waals surface area contributed by atoms with Gasteiger partial charge in [-0.3, -0.25) is 4.79 Å². The third-order valence-electron chi connectivity index (χ3n) is 2.17. The summed E-state index contributed by atoms with van der Waals surface area (Å²) < 4.78 is 1.56. The van der Waals surface area contributed by atoms with Crippen molar-refractivity contribution in [2.45, 2.75) is 39.3 Å². The molecule has 90 valence electrons. The molecule has 1 aromatic heterocycles. The summed E-state index contributed by atoms with van der Waals surface area (Å²) in [6.45, 7) is 6.17. The lowest BCUT2D eigenvalue weighted by molar-refractivity contribution is -0.124. The molecule has 0 radical (unpaired) electrons. The number of nitrogens with two attached hydrogens (primary N) is 1. The SMILES string of the molecule is CC(C)NC(=O)C(C)n1cc(CCN)nn1. The zero-order chi connectivity index (χ0) is 12.1. The molecule has 1 amide bonds. The van der Waals surface area contributed by atoms with Gasteiger partial charge in [-0.2, -0.15) is 0 Å². The van der Waals surface area contributed by atoms with Crippen LogP contribution in [-0.2, 0) is 11.2 Å². The van der Waals surface area contributed by atoms with Crippen molar-refractivity contribution in [1.82, 2.24) is 20.3 Å². The van der Waals surface area contributed by atoms with E-state index in [4.69, 9.17) is 5.73 Å². The van der Waals surface area contributed by atoms with Gasteiger partial charge in [-0.05, 0) is 27.3 Å². The Morgan fingerprint density at radius 1 is 1.56 bits per heavy atom. The van der Waals surface area contributed by atoms with E-state index in [0.29, 0.717) is 13.0 Å². The van der Waals surface area contributed by atoms with Crippen molar-refractivity contribution in [2.24, 2.45) is 5.73 Å². The van der Waals surface area contributed by atoms with Crippen LogP contribution in [0, 0.1) is 0 Å². The number of nitrogens with zero attached hydrogens (tertiary/aromatic N) is 3. The van der Waals surface area contributed by atoms with Gasteiger partial charge < -0.3 is 11.1 Å². The van der Waals surface area contributed by atoms with Gasteiger partial charge in [-0.1, -0.05) is 5.21 Å². The van der Waals surface area contributed by atoms with Crippen molar-refractivity contribution in [3.05, 3.63) is 11.9 Å². The average Bonchev–Trinajstić information content (AvgIpc) is 2.64. The first kappa shape index (κ1) is 12.6. The zero-order valence-corrected chi connectivity index (χ0v) is 9.97. The van der Waals surface area contributed by atoms with Gasteiger partial charge in [0, 0.05) is 18.7 Å². The van der Waals surface area contributed by atoms with Crippen molar-refractivity contribution in [1.29, 1.82) is 0 Å². The van der Waals surface area contributed by atoms with E-state index >= 15 is 0 Å². The van der Waals surface area contributed by atoms with E-state index in [1.54, 1.807) is 17.8 Å². The van der Waals surface area contributed by atoms with Gasteiger partial charge in [-0.25, -0.2) is 4.68 Å². The highest BCUT2D eigenvalue weighted by Gasteiger charge is 2.16. The number of amides is 1. The molecule has 0 bridgehead atoms. The number of carbonyl (C=O) groups is 1. The van der Waals surface area contributed by atoms with Crippen LogP contribution in [-0.4, -0.2) is 33.5 Å². The third kappa shape index (κ3) is 3.30. The molecule has 0 aromatic carbocycles. The number of nitrogens with one attached hydrogen (secondary N) is 1. The number of hydrogen-bond donors (Lipinski definition) is 2. The van der Waals surface area contributed by atoms with Crippen LogP contribution in [0.15, 0.2) is 6.20 Å². The maximum Gasteiger partial charge on any atom is 0.244 e. The van der Waals surface area contributed by atoms with Crippen molar-refractivity contribution in [3.63, 3.8) is 0 Å². The fraction of sp³-hybridized carbons (Fsp3) is 0.700. The Kier molecular flexibility index (Phi) is 4.42. The molecule has 6 nitrogen and oxygen atoms in total. The normalized spacial score (nSPS) is 12.8. The largest absolute Gasteiger partial charge is 0.352 e. The molecule has 0 saturated carbocycles. The predicted octanol–water partition coefficient (Wildman–Crippen LogP) is -0.135. The summed E-state index contributed by atoms with van der Waals surface area (Å²) in [6, 6.07) is -0.219. The Morgan fingerprint density at radius 3 is 2.81 bits per heavy atom. The zero-order valence-electron chi connectivity index (χ0n) is 9.97. The minimum absolute atomic E-state index is 0.0563. The molecular weight excluding hydrogens is 206 g/mol. The van der Waals surface area contributed by atoms with Crippen LogP contribution in [0.2, 0.25) is 0 Å². The molecule has 16 heavy (non-hydrogen) atoms. The van der Waals surface area contributed by atoms with Gasteiger partial charge in [-0.15, -0.1) is 5.10 Å². The molecule has 0 saturated heterocycles. The Morgan fingerprint density at radius 2 is 2.25 bits per heavy atom. The summed E-state index contributed by atoms with van der Waals surface area (Å²) in [4.78, 5) is 11.7. The minimum atomic E-state index is -0.346. The summed E-state index contributed by atoms with van der Waals surface area (Å²) >= 11 is 0. The summed E-state index contributed by atoms with van der Waals surface area (Å²) in [7, 11) is 0. The van der Waals surface area contributed by atoms with Gasteiger partial charge in [0.2, 0.25) is 5.91 Å². The molecule has 0 fully saturated rings. The van der Waals surface area contributed by atoms with Crippen molar-refractivity contribution < 1.29 is 4.79 Å². The molecule has 0 spiro atoms. The first-order valence-electron chi connectivity index (χ1n) is 5.45. The highest BCUT2D eigenvalue weighted by atomic mass is 16.2. The monoisotopic (exact) mass is 225 g/mol. The molecule has 6 heteroatoms. The lowest BCUT2D eigenvalue weighted by Crippen LogP contribution is -2.35. The van der Waals surface area contributed by atoms with E-state index in [1.165, 1.54) is 0 Å². The Bertz CT molecular complexity index is 347. The lowest BCUT2D eigenvalue weighted by Gasteiger charge is -2.13. The molecule has 3 N–H and O–H groups in total. The Balaban J connectivity index is 2.64. The molecule has 1 aromatic rings. The number of rotatable bonds is 5. The van der Waals surface area contributed by atoms with E-state index in [2.05, 4.69) is 15.6 Å². The smallest absolute Gasteiger partial charge is 0.244 e. The van der Waals surface area contributed by atoms with Crippen LogP contribution in [0.5, 0.6) is 0 Å². The second-order valence-electron chi connectivity index (χ2n) is 4.07. The van der Waals surface area contributed by atoms with Gasteiger partial charge in [0.1, 0.15) is 6.04 Å². The average molecular weight is 225 g/mol. The third-order valence-corrected chi connectivity index (χ3v) is 2.17. The summed E-state index contributed by atoms with van der Waals surface area (Å²) in [5.74, 6) is -0.0563.